The van der Waals surface area contributed by atoms with Gasteiger partial charge >= 0.3 is 6.03 Å². The van der Waals surface area contributed by atoms with E-state index >= 15 is 0 Å². The molecule has 1 aromatic rings. The van der Waals surface area contributed by atoms with Crippen LogP contribution in [0.2, 0.25) is 0 Å². The quantitative estimate of drug-likeness (QED) is 0.587. The molecule has 1 heterocycles. The zero-order valence-corrected chi connectivity index (χ0v) is 13.7. The minimum atomic E-state index is -0.349. The highest BCUT2D eigenvalue weighted by molar-refractivity contribution is 6.01. The number of hydrogen-bond donors (Lipinski definition) is 2. The van der Waals surface area contributed by atoms with Gasteiger partial charge in [-0.25, -0.2) is 9.18 Å². The van der Waals surface area contributed by atoms with E-state index in [1.54, 1.807) is 25.1 Å². The van der Waals surface area contributed by atoms with Crippen molar-refractivity contribution in [3.05, 3.63) is 35.6 Å². The number of carbonyl (C=O) groups is 3. The number of likely N-dealkylation sites (tertiary alicyclic amines) is 1. The number of urea groups is 1. The van der Waals surface area contributed by atoms with Crippen LogP contribution in [0.5, 0.6) is 0 Å². The first-order valence-electron chi connectivity index (χ1n) is 8.08. The summed E-state index contributed by atoms with van der Waals surface area (Å²) in [6, 6.07) is 5.89. The SMILES string of the molecule is C[C@H](Cc1ccccc1F)NC(=O)NCCCN1C(=O)CCC1=O. The lowest BCUT2D eigenvalue weighted by Crippen LogP contribution is -2.42. The van der Waals surface area contributed by atoms with Crippen LogP contribution < -0.4 is 10.6 Å². The van der Waals surface area contributed by atoms with Crippen molar-refractivity contribution in [1.82, 2.24) is 15.5 Å². The lowest BCUT2D eigenvalue weighted by Gasteiger charge is -2.16. The summed E-state index contributed by atoms with van der Waals surface area (Å²) in [6.07, 6.45) is 1.46. The molecule has 0 saturated carbocycles. The summed E-state index contributed by atoms with van der Waals surface area (Å²) < 4.78 is 13.6. The van der Waals surface area contributed by atoms with Crippen LogP contribution in [0.4, 0.5) is 9.18 Å². The van der Waals surface area contributed by atoms with Crippen molar-refractivity contribution in [2.45, 2.75) is 38.6 Å². The number of rotatable bonds is 7. The highest BCUT2D eigenvalue weighted by Crippen LogP contribution is 2.11. The largest absolute Gasteiger partial charge is 0.338 e. The van der Waals surface area contributed by atoms with Crippen molar-refractivity contribution < 1.29 is 18.8 Å². The molecule has 6 nitrogen and oxygen atoms in total. The summed E-state index contributed by atoms with van der Waals surface area (Å²) in [7, 11) is 0. The molecular formula is C17H22FN3O3. The first-order valence-corrected chi connectivity index (χ1v) is 8.08. The molecule has 130 valence electrons. The van der Waals surface area contributed by atoms with E-state index in [1.807, 2.05) is 0 Å². The lowest BCUT2D eigenvalue weighted by molar-refractivity contribution is -0.138. The number of amides is 4. The van der Waals surface area contributed by atoms with Crippen LogP contribution in [0.15, 0.2) is 24.3 Å². The fourth-order valence-electron chi connectivity index (χ4n) is 2.63. The average molecular weight is 335 g/mol. The van der Waals surface area contributed by atoms with E-state index in [2.05, 4.69) is 10.6 Å². The van der Waals surface area contributed by atoms with Crippen LogP contribution >= 0.6 is 0 Å². The fraction of sp³-hybridized carbons (Fsp3) is 0.471. The van der Waals surface area contributed by atoms with Gasteiger partial charge in [0.25, 0.3) is 0 Å². The van der Waals surface area contributed by atoms with Crippen LogP contribution in [-0.4, -0.2) is 41.9 Å². The van der Waals surface area contributed by atoms with Crippen molar-refractivity contribution in [3.8, 4) is 0 Å². The molecule has 0 aromatic heterocycles. The van der Waals surface area contributed by atoms with Gasteiger partial charge in [-0.1, -0.05) is 18.2 Å². The van der Waals surface area contributed by atoms with Crippen LogP contribution in [0.1, 0.15) is 31.7 Å². The predicted molar refractivity (Wildman–Crippen MR) is 86.7 cm³/mol. The van der Waals surface area contributed by atoms with Crippen LogP contribution in [0.3, 0.4) is 0 Å². The van der Waals surface area contributed by atoms with Crippen LogP contribution in [0, 0.1) is 5.82 Å². The first kappa shape index (κ1) is 17.9. The number of benzene rings is 1. The van der Waals surface area contributed by atoms with Gasteiger partial charge in [-0.3, -0.25) is 14.5 Å². The summed E-state index contributed by atoms with van der Waals surface area (Å²) in [4.78, 5) is 35.9. The van der Waals surface area contributed by atoms with Gasteiger partial charge in [0.15, 0.2) is 0 Å². The average Bonchev–Trinajstić information content (AvgIpc) is 2.85. The Morgan fingerprint density at radius 3 is 2.58 bits per heavy atom. The van der Waals surface area contributed by atoms with E-state index in [0.29, 0.717) is 31.5 Å². The van der Waals surface area contributed by atoms with Gasteiger partial charge in [0.1, 0.15) is 5.82 Å². The zero-order valence-electron chi connectivity index (χ0n) is 13.7. The molecule has 1 atom stereocenters. The third-order valence-corrected chi connectivity index (χ3v) is 3.86. The van der Waals surface area contributed by atoms with Crippen LogP contribution in [-0.2, 0) is 16.0 Å². The highest BCUT2D eigenvalue weighted by Gasteiger charge is 2.27. The molecular weight excluding hydrogens is 313 g/mol. The Kier molecular flexibility index (Phi) is 6.28. The number of nitrogens with zero attached hydrogens (tertiary/aromatic N) is 1. The van der Waals surface area contributed by atoms with Crippen molar-refractivity contribution in [3.63, 3.8) is 0 Å². The Balaban J connectivity index is 1.65. The summed E-state index contributed by atoms with van der Waals surface area (Å²) in [6.45, 7) is 2.48. The van der Waals surface area contributed by atoms with E-state index in [0.717, 1.165) is 0 Å². The number of nitrogens with one attached hydrogen (secondary N) is 2. The van der Waals surface area contributed by atoms with E-state index in [1.165, 1.54) is 11.0 Å². The minimum Gasteiger partial charge on any atom is -0.338 e. The molecule has 1 aromatic carbocycles. The van der Waals surface area contributed by atoms with Gasteiger partial charge in [0, 0.05) is 32.0 Å². The smallest absolute Gasteiger partial charge is 0.315 e. The first-order chi connectivity index (χ1) is 11.5. The molecule has 1 aliphatic rings. The Hall–Kier alpha value is -2.44. The molecule has 4 amide bonds. The molecule has 0 radical (unpaired) electrons. The van der Waals surface area contributed by atoms with Crippen LogP contribution in [0.25, 0.3) is 0 Å². The topological polar surface area (TPSA) is 78.5 Å². The maximum absolute atomic E-state index is 13.6. The number of hydrogen-bond acceptors (Lipinski definition) is 3. The second-order valence-corrected chi connectivity index (χ2v) is 5.89. The highest BCUT2D eigenvalue weighted by atomic mass is 19.1. The van der Waals surface area contributed by atoms with E-state index in [4.69, 9.17) is 0 Å². The van der Waals surface area contributed by atoms with Crippen molar-refractivity contribution in [1.29, 1.82) is 0 Å². The molecule has 0 aliphatic carbocycles. The molecule has 2 N–H and O–H groups in total. The third-order valence-electron chi connectivity index (χ3n) is 3.86. The molecule has 0 bridgehead atoms. The molecule has 1 aliphatic heterocycles. The van der Waals surface area contributed by atoms with Gasteiger partial charge in [-0.05, 0) is 31.4 Å². The normalized spacial score (nSPS) is 15.5. The van der Waals surface area contributed by atoms with E-state index in [-0.39, 0.29) is 42.5 Å². The Morgan fingerprint density at radius 2 is 1.92 bits per heavy atom. The predicted octanol–water partition coefficient (Wildman–Crippen LogP) is 1.60. The molecule has 0 unspecified atom stereocenters. The molecule has 2 rings (SSSR count). The maximum atomic E-state index is 13.6. The van der Waals surface area contributed by atoms with Gasteiger partial charge in [0.05, 0.1) is 0 Å². The number of carbonyl (C=O) groups excluding carboxylic acids is 3. The minimum absolute atomic E-state index is 0.150. The van der Waals surface area contributed by atoms with Gasteiger partial charge in [-0.15, -0.1) is 0 Å². The van der Waals surface area contributed by atoms with Crippen molar-refractivity contribution >= 4 is 17.8 Å². The maximum Gasteiger partial charge on any atom is 0.315 e. The second kappa shape index (κ2) is 8.42. The molecule has 7 heteroatoms. The molecule has 24 heavy (non-hydrogen) atoms. The van der Waals surface area contributed by atoms with E-state index in [9.17, 15) is 18.8 Å². The molecule has 1 saturated heterocycles. The third kappa shape index (κ3) is 5.04. The molecule has 1 fully saturated rings. The monoisotopic (exact) mass is 335 g/mol. The summed E-state index contributed by atoms with van der Waals surface area (Å²) >= 11 is 0. The second-order valence-electron chi connectivity index (χ2n) is 5.89. The van der Waals surface area contributed by atoms with Gasteiger partial charge < -0.3 is 10.6 Å². The van der Waals surface area contributed by atoms with Gasteiger partial charge in [0.2, 0.25) is 11.8 Å². The zero-order chi connectivity index (χ0) is 17.5. The Bertz CT molecular complexity index is 605. The number of imide groups is 1. The summed E-state index contributed by atoms with van der Waals surface area (Å²) in [5.74, 6) is -0.586. The van der Waals surface area contributed by atoms with Gasteiger partial charge in [-0.2, -0.15) is 0 Å². The summed E-state index contributed by atoms with van der Waals surface area (Å²) in [5.41, 5.74) is 0.552. The van der Waals surface area contributed by atoms with Crippen molar-refractivity contribution in [2.24, 2.45) is 0 Å². The summed E-state index contributed by atoms with van der Waals surface area (Å²) in [5, 5.41) is 5.41. The lowest BCUT2D eigenvalue weighted by atomic mass is 10.1. The number of halogens is 1. The standard InChI is InChI=1S/C17H22FN3O3/c1-12(11-13-5-2-3-6-14(13)18)20-17(24)19-9-4-10-21-15(22)7-8-16(21)23/h2-3,5-6,12H,4,7-11H2,1H3,(H2,19,20,24)/t12-/m1/s1. The fourth-order valence-corrected chi connectivity index (χ4v) is 2.63. The van der Waals surface area contributed by atoms with Crippen molar-refractivity contribution in [2.75, 3.05) is 13.1 Å². The Morgan fingerprint density at radius 1 is 1.25 bits per heavy atom. The van der Waals surface area contributed by atoms with E-state index < -0.39 is 0 Å². The molecule has 0 spiro atoms. The Labute approximate surface area is 140 Å².